The van der Waals surface area contributed by atoms with Gasteiger partial charge in [-0.15, -0.1) is 0 Å². The number of hydrogen-bond acceptors (Lipinski definition) is 7. The molecule has 1 N–H and O–H groups in total. The zero-order chi connectivity index (χ0) is 34.1. The Morgan fingerprint density at radius 3 is 2.49 bits per heavy atom. The van der Waals surface area contributed by atoms with Crippen LogP contribution in [0.3, 0.4) is 0 Å². The fraction of sp³-hybridized carbons (Fsp3) is 0.128. The van der Waals surface area contributed by atoms with Gasteiger partial charge < -0.3 is 23.8 Å². The van der Waals surface area contributed by atoms with Gasteiger partial charge in [-0.3, -0.25) is 9.59 Å². The van der Waals surface area contributed by atoms with Gasteiger partial charge in [0.05, 0.1) is 29.6 Å². The van der Waals surface area contributed by atoms with Crippen LogP contribution in [-0.2, 0) is 4.79 Å². The molecular weight excluding hydrogens is 618 g/mol. The van der Waals surface area contributed by atoms with Crippen molar-refractivity contribution in [2.45, 2.75) is 20.8 Å². The maximum Gasteiger partial charge on any atom is 0.282 e. The summed E-state index contributed by atoms with van der Waals surface area (Å²) < 4.78 is 20.8. The molecule has 0 unspecified atom stereocenters. The zero-order valence-corrected chi connectivity index (χ0v) is 27.4. The molecular formula is C39H33N5O5. The van der Waals surface area contributed by atoms with E-state index >= 15 is 0 Å². The molecule has 7 rings (SSSR count). The molecule has 0 aliphatic heterocycles. The molecule has 1 amide bonds. The minimum absolute atomic E-state index is 0.109. The lowest BCUT2D eigenvalue weighted by Gasteiger charge is -2.12. The smallest absolute Gasteiger partial charge is 0.282 e. The minimum atomic E-state index is -0.318. The Bertz CT molecular complexity index is 2440. The standard InChI is InChI=1S/C39H33N5O5/c1-24-10-5-7-12-32(24)41-37(45)23-48-29-18-16-28(17-19-29)43-25(2)20-27(26(43)3)22-40-44-38(42-33-13-8-6-11-30(33)39(44)46)36-21-31-34(47-4)14-9-15-35(31)49-36/h5-22H,23H2,1-4H3,(H,41,45). The number of methoxy groups -OCH3 is 1. The lowest BCUT2D eigenvalue weighted by Crippen LogP contribution is -2.20. The summed E-state index contributed by atoms with van der Waals surface area (Å²) in [5, 5.41) is 8.76. The van der Waals surface area contributed by atoms with Crippen LogP contribution in [0.1, 0.15) is 22.5 Å². The highest BCUT2D eigenvalue weighted by molar-refractivity contribution is 5.92. The molecule has 0 aliphatic carbocycles. The van der Waals surface area contributed by atoms with Gasteiger partial charge in [-0.2, -0.15) is 9.78 Å². The predicted molar refractivity (Wildman–Crippen MR) is 191 cm³/mol. The number of amides is 1. The van der Waals surface area contributed by atoms with Gasteiger partial charge in [-0.05, 0) is 93.1 Å². The van der Waals surface area contributed by atoms with E-state index in [2.05, 4.69) is 15.0 Å². The molecule has 0 radical (unpaired) electrons. The highest BCUT2D eigenvalue weighted by atomic mass is 16.5. The van der Waals surface area contributed by atoms with E-state index in [1.54, 1.807) is 31.5 Å². The highest BCUT2D eigenvalue weighted by Crippen LogP contribution is 2.33. The second-order valence-electron chi connectivity index (χ2n) is 11.6. The fourth-order valence-corrected chi connectivity index (χ4v) is 5.89. The minimum Gasteiger partial charge on any atom is -0.496 e. The van der Waals surface area contributed by atoms with Crippen LogP contribution in [0.25, 0.3) is 39.1 Å². The Morgan fingerprint density at radius 1 is 0.918 bits per heavy atom. The first-order valence-electron chi connectivity index (χ1n) is 15.7. The zero-order valence-electron chi connectivity index (χ0n) is 27.4. The summed E-state index contributed by atoms with van der Waals surface area (Å²) in [5.74, 6) is 1.66. The van der Waals surface area contributed by atoms with Crippen LogP contribution in [0.2, 0.25) is 0 Å². The van der Waals surface area contributed by atoms with Crippen LogP contribution < -0.4 is 20.3 Å². The van der Waals surface area contributed by atoms with Crippen molar-refractivity contribution in [1.82, 2.24) is 14.2 Å². The van der Waals surface area contributed by atoms with Gasteiger partial charge in [-0.25, -0.2) is 4.98 Å². The Balaban J connectivity index is 1.16. The Morgan fingerprint density at radius 2 is 1.69 bits per heavy atom. The monoisotopic (exact) mass is 651 g/mol. The summed E-state index contributed by atoms with van der Waals surface area (Å²) >= 11 is 0. The number of hydrogen-bond donors (Lipinski definition) is 1. The number of carbonyl (C=O) groups is 1. The first-order valence-corrected chi connectivity index (χ1v) is 15.7. The van der Waals surface area contributed by atoms with Crippen LogP contribution in [0.5, 0.6) is 11.5 Å². The highest BCUT2D eigenvalue weighted by Gasteiger charge is 2.18. The third-order valence-corrected chi connectivity index (χ3v) is 8.38. The number of benzene rings is 4. The van der Waals surface area contributed by atoms with Gasteiger partial charge in [0.2, 0.25) is 5.82 Å². The SMILES string of the molecule is COc1cccc2oc(-c3nc4ccccc4c(=O)n3N=Cc3cc(C)n(-c4ccc(OCC(=O)Nc5ccccc5C)cc4)c3C)cc12. The summed E-state index contributed by atoms with van der Waals surface area (Å²) in [7, 11) is 1.60. The Labute approximate surface area is 281 Å². The fourth-order valence-electron chi connectivity index (χ4n) is 5.89. The summed E-state index contributed by atoms with van der Waals surface area (Å²) in [4.78, 5) is 31.0. The molecule has 0 aliphatic rings. The van der Waals surface area contributed by atoms with Crippen LogP contribution in [0.15, 0.2) is 117 Å². The van der Waals surface area contributed by atoms with Gasteiger partial charge in [-0.1, -0.05) is 36.4 Å². The van der Waals surface area contributed by atoms with E-state index in [0.29, 0.717) is 33.7 Å². The number of nitrogens with zero attached hydrogens (tertiary/aromatic N) is 4. The van der Waals surface area contributed by atoms with E-state index in [1.165, 1.54) is 4.68 Å². The van der Waals surface area contributed by atoms with Crippen molar-refractivity contribution in [2.75, 3.05) is 19.0 Å². The van der Waals surface area contributed by atoms with Crippen LogP contribution in [-0.4, -0.2) is 40.1 Å². The van der Waals surface area contributed by atoms with Crippen molar-refractivity contribution in [3.05, 3.63) is 136 Å². The summed E-state index contributed by atoms with van der Waals surface area (Å²) in [5.41, 5.74) is 6.20. The van der Waals surface area contributed by atoms with Crippen molar-refractivity contribution in [2.24, 2.45) is 5.10 Å². The van der Waals surface area contributed by atoms with Gasteiger partial charge in [0.1, 0.15) is 17.1 Å². The second-order valence-corrected chi connectivity index (χ2v) is 11.6. The largest absolute Gasteiger partial charge is 0.496 e. The molecule has 3 aromatic heterocycles. The topological polar surface area (TPSA) is 113 Å². The lowest BCUT2D eigenvalue weighted by atomic mass is 10.2. The second kappa shape index (κ2) is 13.0. The quantitative estimate of drug-likeness (QED) is 0.163. The average molecular weight is 652 g/mol. The number of para-hydroxylation sites is 2. The van der Waals surface area contributed by atoms with Crippen LogP contribution in [0.4, 0.5) is 5.69 Å². The number of fused-ring (bicyclic) bond motifs is 2. The Hall–Kier alpha value is -6.42. The summed E-state index contributed by atoms with van der Waals surface area (Å²) in [6, 6.07) is 31.6. The van der Waals surface area contributed by atoms with E-state index in [1.807, 2.05) is 106 Å². The number of carbonyl (C=O) groups excluding carboxylic acids is 1. The molecule has 4 aromatic carbocycles. The van der Waals surface area contributed by atoms with E-state index in [9.17, 15) is 9.59 Å². The molecule has 0 saturated heterocycles. The number of nitrogens with one attached hydrogen (secondary N) is 1. The Kier molecular flexibility index (Phi) is 8.27. The van der Waals surface area contributed by atoms with Crippen molar-refractivity contribution in [3.63, 3.8) is 0 Å². The number of anilines is 1. The van der Waals surface area contributed by atoms with Crippen molar-refractivity contribution < 1.29 is 18.7 Å². The van der Waals surface area contributed by atoms with Crippen molar-refractivity contribution >= 4 is 39.7 Å². The summed E-state index contributed by atoms with van der Waals surface area (Å²) in [6.45, 7) is 5.82. The maximum absolute atomic E-state index is 13.8. The number of aromatic nitrogens is 3. The number of furan rings is 1. The molecule has 244 valence electrons. The van der Waals surface area contributed by atoms with Gasteiger partial charge >= 0.3 is 0 Å². The van der Waals surface area contributed by atoms with E-state index in [4.69, 9.17) is 18.9 Å². The van der Waals surface area contributed by atoms with Crippen molar-refractivity contribution in [3.8, 4) is 28.8 Å². The van der Waals surface area contributed by atoms with E-state index in [-0.39, 0.29) is 23.9 Å². The molecule has 0 saturated carbocycles. The number of rotatable bonds is 9. The average Bonchev–Trinajstić information content (AvgIpc) is 3.68. The van der Waals surface area contributed by atoms with E-state index in [0.717, 1.165) is 39.3 Å². The normalized spacial score (nSPS) is 11.4. The number of ether oxygens (including phenoxy) is 2. The summed E-state index contributed by atoms with van der Waals surface area (Å²) in [6.07, 6.45) is 1.66. The maximum atomic E-state index is 13.8. The van der Waals surface area contributed by atoms with Gasteiger partial charge in [0.15, 0.2) is 12.4 Å². The van der Waals surface area contributed by atoms with Crippen LogP contribution in [0, 0.1) is 20.8 Å². The van der Waals surface area contributed by atoms with Gasteiger partial charge in [0, 0.05) is 28.3 Å². The molecule has 0 spiro atoms. The van der Waals surface area contributed by atoms with Crippen molar-refractivity contribution in [1.29, 1.82) is 0 Å². The third-order valence-electron chi connectivity index (χ3n) is 8.38. The lowest BCUT2D eigenvalue weighted by molar-refractivity contribution is -0.118. The molecule has 0 atom stereocenters. The van der Waals surface area contributed by atoms with Gasteiger partial charge in [0.25, 0.3) is 11.5 Å². The third kappa shape index (κ3) is 6.07. The molecule has 0 fully saturated rings. The van der Waals surface area contributed by atoms with E-state index < -0.39 is 0 Å². The van der Waals surface area contributed by atoms with Crippen LogP contribution >= 0.6 is 0 Å². The number of aryl methyl sites for hydroxylation is 2. The molecule has 49 heavy (non-hydrogen) atoms. The molecule has 10 heteroatoms. The molecule has 3 heterocycles. The molecule has 7 aromatic rings. The first-order chi connectivity index (χ1) is 23.8. The first kappa shape index (κ1) is 31.2. The predicted octanol–water partition coefficient (Wildman–Crippen LogP) is 7.43. The molecule has 10 nitrogen and oxygen atoms in total. The molecule has 0 bridgehead atoms.